The van der Waals surface area contributed by atoms with Crippen LogP contribution in [0.15, 0.2) is 53.4 Å². The molecule has 1 aliphatic rings. The van der Waals surface area contributed by atoms with E-state index in [4.69, 9.17) is 5.11 Å². The lowest BCUT2D eigenvalue weighted by atomic mass is 10.2. The summed E-state index contributed by atoms with van der Waals surface area (Å²) in [4.78, 5) is 24.7. The maximum absolute atomic E-state index is 13.1. The summed E-state index contributed by atoms with van der Waals surface area (Å²) in [5.74, 6) is -1.75. The first-order chi connectivity index (χ1) is 11.8. The molecule has 2 aromatic carbocycles. The summed E-state index contributed by atoms with van der Waals surface area (Å²) in [7, 11) is -3.95. The fraction of sp³-hybridized carbons (Fsp3) is 0.176. The van der Waals surface area contributed by atoms with Crippen LogP contribution in [-0.4, -0.2) is 38.5 Å². The highest BCUT2D eigenvalue weighted by Crippen LogP contribution is 2.37. The number of sulfonamides is 1. The molecule has 0 aliphatic carbocycles. The van der Waals surface area contributed by atoms with E-state index in [0.717, 1.165) is 9.21 Å². The van der Waals surface area contributed by atoms with Gasteiger partial charge in [-0.15, -0.1) is 0 Å². The first-order valence-corrected chi connectivity index (χ1v) is 8.96. The first kappa shape index (κ1) is 17.0. The van der Waals surface area contributed by atoms with Gasteiger partial charge in [0.25, 0.3) is 10.0 Å². The highest BCUT2D eigenvalue weighted by atomic mass is 32.2. The highest BCUT2D eigenvalue weighted by Gasteiger charge is 2.37. The number of carboxylic acid groups (broad SMARTS) is 1. The van der Waals surface area contributed by atoms with Crippen LogP contribution in [0.25, 0.3) is 0 Å². The van der Waals surface area contributed by atoms with Gasteiger partial charge in [-0.25, -0.2) is 8.42 Å². The zero-order chi connectivity index (χ0) is 18.2. The van der Waals surface area contributed by atoms with Crippen LogP contribution in [0.1, 0.15) is 5.56 Å². The molecule has 7 nitrogen and oxygen atoms in total. The highest BCUT2D eigenvalue weighted by molar-refractivity contribution is 7.93. The first-order valence-electron chi connectivity index (χ1n) is 7.52. The Kier molecular flexibility index (Phi) is 4.22. The van der Waals surface area contributed by atoms with Crippen LogP contribution in [0, 0.1) is 6.92 Å². The standard InChI is InChI=1S/C17H16N2O5S/c1-12-6-2-5-9-15(12)25(23,24)19-10-16(20)18(11-17(21)22)13-7-3-4-8-14(13)19/h2-9H,10-11H2,1H3,(H,21,22). The summed E-state index contributed by atoms with van der Waals surface area (Å²) in [6, 6.07) is 12.9. The van der Waals surface area contributed by atoms with Crippen molar-refractivity contribution in [3.8, 4) is 0 Å². The van der Waals surface area contributed by atoms with Crippen LogP contribution in [0.5, 0.6) is 0 Å². The molecular formula is C17H16N2O5S. The fourth-order valence-electron chi connectivity index (χ4n) is 2.82. The van der Waals surface area contributed by atoms with Crippen molar-refractivity contribution in [3.05, 3.63) is 54.1 Å². The van der Waals surface area contributed by atoms with Crippen LogP contribution in [0.2, 0.25) is 0 Å². The fourth-order valence-corrected chi connectivity index (χ4v) is 4.48. The molecule has 0 aromatic heterocycles. The molecule has 1 N–H and O–H groups in total. The third-order valence-electron chi connectivity index (χ3n) is 3.98. The molecule has 25 heavy (non-hydrogen) atoms. The van der Waals surface area contributed by atoms with Crippen molar-refractivity contribution in [1.29, 1.82) is 0 Å². The number of carbonyl (C=O) groups excluding carboxylic acids is 1. The van der Waals surface area contributed by atoms with Gasteiger partial charge in [-0.1, -0.05) is 30.3 Å². The third kappa shape index (κ3) is 2.96. The quantitative estimate of drug-likeness (QED) is 0.894. The van der Waals surface area contributed by atoms with Crippen LogP contribution in [0.4, 0.5) is 11.4 Å². The van der Waals surface area contributed by atoms with Gasteiger partial charge in [-0.2, -0.15) is 0 Å². The Morgan fingerprint density at radius 1 is 1.08 bits per heavy atom. The summed E-state index contributed by atoms with van der Waals surface area (Å²) >= 11 is 0. The van der Waals surface area contributed by atoms with Crippen molar-refractivity contribution in [1.82, 2.24) is 0 Å². The summed E-state index contributed by atoms with van der Waals surface area (Å²) in [6.45, 7) is 0.719. The maximum Gasteiger partial charge on any atom is 0.323 e. The minimum absolute atomic E-state index is 0.115. The molecule has 130 valence electrons. The largest absolute Gasteiger partial charge is 0.480 e. The SMILES string of the molecule is Cc1ccccc1S(=O)(=O)N1CC(=O)N(CC(=O)O)c2ccccc21. The number of hydrogen-bond acceptors (Lipinski definition) is 4. The molecule has 0 bridgehead atoms. The molecule has 2 aromatic rings. The van der Waals surface area contributed by atoms with Crippen LogP contribution >= 0.6 is 0 Å². The Morgan fingerprint density at radius 2 is 1.68 bits per heavy atom. The van der Waals surface area contributed by atoms with Gasteiger partial charge in [0.2, 0.25) is 5.91 Å². The number of para-hydroxylation sites is 2. The zero-order valence-corrected chi connectivity index (χ0v) is 14.2. The van der Waals surface area contributed by atoms with E-state index in [1.54, 1.807) is 43.3 Å². The molecule has 3 rings (SSSR count). The van der Waals surface area contributed by atoms with E-state index >= 15 is 0 Å². The smallest absolute Gasteiger partial charge is 0.323 e. The van der Waals surface area contributed by atoms with E-state index in [1.165, 1.54) is 12.1 Å². The van der Waals surface area contributed by atoms with Gasteiger partial charge >= 0.3 is 5.97 Å². The summed E-state index contributed by atoms with van der Waals surface area (Å²) in [6.07, 6.45) is 0. The molecule has 0 atom stereocenters. The molecule has 1 aliphatic heterocycles. The lowest BCUT2D eigenvalue weighted by Gasteiger charge is -2.36. The second kappa shape index (κ2) is 6.21. The van der Waals surface area contributed by atoms with E-state index in [1.807, 2.05) is 0 Å². The molecule has 0 radical (unpaired) electrons. The van der Waals surface area contributed by atoms with Gasteiger partial charge in [0.05, 0.1) is 16.3 Å². The van der Waals surface area contributed by atoms with Crippen molar-refractivity contribution in [2.45, 2.75) is 11.8 Å². The van der Waals surface area contributed by atoms with E-state index in [-0.39, 0.29) is 16.3 Å². The topological polar surface area (TPSA) is 95.0 Å². The number of aliphatic carboxylic acids is 1. The van der Waals surface area contributed by atoms with Gasteiger partial charge < -0.3 is 5.11 Å². The number of fused-ring (bicyclic) bond motifs is 1. The van der Waals surface area contributed by atoms with Gasteiger partial charge in [0.1, 0.15) is 13.1 Å². The number of hydrogen-bond donors (Lipinski definition) is 1. The third-order valence-corrected chi connectivity index (χ3v) is 5.90. The number of carbonyl (C=O) groups is 2. The molecule has 0 spiro atoms. The Labute approximate surface area is 145 Å². The summed E-state index contributed by atoms with van der Waals surface area (Å²) in [5, 5.41) is 9.02. The second-order valence-corrected chi connectivity index (χ2v) is 7.47. The molecule has 8 heteroatoms. The van der Waals surface area contributed by atoms with Crippen LogP contribution in [0.3, 0.4) is 0 Å². The molecular weight excluding hydrogens is 344 g/mol. The number of anilines is 2. The van der Waals surface area contributed by atoms with Crippen molar-refractivity contribution in [2.24, 2.45) is 0 Å². The number of amides is 1. The predicted octanol–water partition coefficient (Wildman–Crippen LogP) is 1.62. The van der Waals surface area contributed by atoms with Gasteiger partial charge in [0.15, 0.2) is 0 Å². The number of nitrogens with zero attached hydrogens (tertiary/aromatic N) is 2. The molecule has 0 saturated heterocycles. The van der Waals surface area contributed by atoms with Crippen molar-refractivity contribution in [2.75, 3.05) is 22.3 Å². The molecule has 0 fully saturated rings. The minimum atomic E-state index is -3.95. The average molecular weight is 360 g/mol. The lowest BCUT2D eigenvalue weighted by Crippen LogP contribution is -2.49. The Morgan fingerprint density at radius 3 is 2.32 bits per heavy atom. The zero-order valence-electron chi connectivity index (χ0n) is 13.4. The monoisotopic (exact) mass is 360 g/mol. The molecule has 1 heterocycles. The van der Waals surface area contributed by atoms with E-state index in [0.29, 0.717) is 5.56 Å². The number of aryl methyl sites for hydroxylation is 1. The van der Waals surface area contributed by atoms with Gasteiger partial charge in [0, 0.05) is 0 Å². The van der Waals surface area contributed by atoms with Crippen molar-refractivity contribution >= 4 is 33.3 Å². The van der Waals surface area contributed by atoms with E-state index < -0.39 is 35.0 Å². The Bertz CT molecular complexity index is 955. The number of rotatable bonds is 4. The normalized spacial score (nSPS) is 14.4. The van der Waals surface area contributed by atoms with Gasteiger partial charge in [-0.05, 0) is 30.7 Å². The number of benzene rings is 2. The minimum Gasteiger partial charge on any atom is -0.480 e. The summed E-state index contributed by atoms with van der Waals surface area (Å²) < 4.78 is 27.2. The Hall–Kier alpha value is -2.87. The van der Waals surface area contributed by atoms with Crippen molar-refractivity contribution in [3.63, 3.8) is 0 Å². The summed E-state index contributed by atoms with van der Waals surface area (Å²) in [5.41, 5.74) is 1.12. The maximum atomic E-state index is 13.1. The molecule has 0 saturated carbocycles. The van der Waals surface area contributed by atoms with Crippen LogP contribution < -0.4 is 9.21 Å². The second-order valence-electron chi connectivity index (χ2n) is 5.64. The van der Waals surface area contributed by atoms with Crippen LogP contribution in [-0.2, 0) is 19.6 Å². The predicted molar refractivity (Wildman–Crippen MR) is 92.1 cm³/mol. The molecule has 1 amide bonds. The van der Waals surface area contributed by atoms with E-state index in [2.05, 4.69) is 0 Å². The molecule has 0 unspecified atom stereocenters. The van der Waals surface area contributed by atoms with Crippen molar-refractivity contribution < 1.29 is 23.1 Å². The van der Waals surface area contributed by atoms with E-state index in [9.17, 15) is 18.0 Å². The average Bonchev–Trinajstić information content (AvgIpc) is 2.57. The number of carboxylic acids is 1. The van der Waals surface area contributed by atoms with Gasteiger partial charge in [-0.3, -0.25) is 18.8 Å². The lowest BCUT2D eigenvalue weighted by molar-refractivity contribution is -0.136. The Balaban J connectivity index is 2.14.